The predicted molar refractivity (Wildman–Crippen MR) is 158 cm³/mol. The highest BCUT2D eigenvalue weighted by Crippen LogP contribution is 2.41. The molecule has 7 nitrogen and oxygen atoms in total. The Morgan fingerprint density at radius 2 is 1.90 bits per heavy atom. The molecule has 1 saturated heterocycles. The normalized spacial score (nSPS) is 20.2. The summed E-state index contributed by atoms with van der Waals surface area (Å²) in [6, 6.07) is 19.3. The van der Waals surface area contributed by atoms with Crippen molar-refractivity contribution in [2.45, 2.75) is 50.6 Å². The van der Waals surface area contributed by atoms with Crippen LogP contribution in [0.2, 0.25) is 0 Å². The molecule has 3 aromatic carbocycles. The van der Waals surface area contributed by atoms with E-state index >= 15 is 0 Å². The van der Waals surface area contributed by atoms with Crippen LogP contribution in [0, 0.1) is 11.8 Å². The maximum Gasteiger partial charge on any atom is 0.250 e. The van der Waals surface area contributed by atoms with E-state index in [0.717, 1.165) is 46.3 Å². The first kappa shape index (κ1) is 27.2. The number of amides is 3. The van der Waals surface area contributed by atoms with E-state index in [-0.39, 0.29) is 29.6 Å². The number of nitrogens with zero attached hydrogens (tertiary/aromatic N) is 1. The zero-order valence-corrected chi connectivity index (χ0v) is 23.4. The maximum absolute atomic E-state index is 14.1. The van der Waals surface area contributed by atoms with Crippen molar-refractivity contribution < 1.29 is 14.4 Å². The second-order valence-corrected chi connectivity index (χ2v) is 11.5. The molecule has 0 spiro atoms. The van der Waals surface area contributed by atoms with Crippen LogP contribution in [-0.2, 0) is 20.9 Å². The summed E-state index contributed by atoms with van der Waals surface area (Å²) in [7, 11) is 0. The molecule has 1 unspecified atom stereocenters. The van der Waals surface area contributed by atoms with Gasteiger partial charge in [0, 0.05) is 18.2 Å². The average molecular weight is 545 g/mol. The summed E-state index contributed by atoms with van der Waals surface area (Å²) in [4.78, 5) is 42.7. The zero-order chi connectivity index (χ0) is 27.4. The predicted octanol–water partition coefficient (Wildman–Crippen LogP) is 4.95. The molecule has 8 heteroatoms. The second kappa shape index (κ2) is 12.2. The molecule has 0 bridgehead atoms. The number of thioether (sulfide) groups is 1. The Bertz CT molecular complexity index is 1370. The van der Waals surface area contributed by atoms with E-state index in [1.54, 1.807) is 4.90 Å². The molecule has 1 fully saturated rings. The average Bonchev–Trinajstić information content (AvgIpc) is 3.10. The third kappa shape index (κ3) is 5.97. The summed E-state index contributed by atoms with van der Waals surface area (Å²) in [5, 5.41) is 11.7. The van der Waals surface area contributed by atoms with Crippen molar-refractivity contribution in [1.29, 1.82) is 0 Å². The molecule has 2 aliphatic heterocycles. The van der Waals surface area contributed by atoms with Crippen molar-refractivity contribution in [2.24, 2.45) is 11.8 Å². The highest BCUT2D eigenvalue weighted by molar-refractivity contribution is 7.99. The van der Waals surface area contributed by atoms with Crippen LogP contribution in [0.15, 0.2) is 65.6 Å². The molecule has 204 valence electrons. The molecular formula is C31H36N4O3S. The lowest BCUT2D eigenvalue weighted by molar-refractivity contribution is -0.129. The number of hydrogen-bond acceptors (Lipinski definition) is 5. The first-order valence-corrected chi connectivity index (χ1v) is 14.8. The number of rotatable bonds is 7. The molecule has 39 heavy (non-hydrogen) atoms. The Balaban J connectivity index is 1.51. The Morgan fingerprint density at radius 1 is 1.10 bits per heavy atom. The van der Waals surface area contributed by atoms with Crippen LogP contribution >= 0.6 is 11.8 Å². The number of carbonyl (C=O) groups excluding carboxylic acids is 3. The van der Waals surface area contributed by atoms with Gasteiger partial charge in [-0.1, -0.05) is 62.4 Å². The van der Waals surface area contributed by atoms with Gasteiger partial charge in [-0.15, -0.1) is 11.8 Å². The summed E-state index contributed by atoms with van der Waals surface area (Å²) in [5.41, 5.74) is 2.48. The molecule has 0 aromatic heterocycles. The van der Waals surface area contributed by atoms with Crippen molar-refractivity contribution in [3.63, 3.8) is 0 Å². The van der Waals surface area contributed by atoms with Crippen molar-refractivity contribution in [3.8, 4) is 0 Å². The van der Waals surface area contributed by atoms with Crippen LogP contribution < -0.4 is 20.9 Å². The second-order valence-electron chi connectivity index (χ2n) is 10.4. The monoisotopic (exact) mass is 544 g/mol. The van der Waals surface area contributed by atoms with E-state index in [0.29, 0.717) is 31.0 Å². The lowest BCUT2D eigenvalue weighted by atomic mass is 9.99. The molecule has 5 rings (SSSR count). The van der Waals surface area contributed by atoms with Crippen LogP contribution in [0.25, 0.3) is 10.8 Å². The minimum Gasteiger partial charge on any atom is -0.343 e. The highest BCUT2D eigenvalue weighted by atomic mass is 32.2. The van der Waals surface area contributed by atoms with Crippen molar-refractivity contribution in [2.75, 3.05) is 29.1 Å². The molecule has 0 radical (unpaired) electrons. The van der Waals surface area contributed by atoms with Gasteiger partial charge in [-0.05, 0) is 54.3 Å². The number of hydrogen-bond donors (Lipinski definition) is 3. The molecule has 2 heterocycles. The third-order valence-corrected chi connectivity index (χ3v) is 8.97. The fraction of sp³-hybridized carbons (Fsp3) is 0.387. The number of anilines is 2. The van der Waals surface area contributed by atoms with E-state index in [1.807, 2.05) is 56.3 Å². The van der Waals surface area contributed by atoms with Crippen molar-refractivity contribution >= 4 is 51.6 Å². The number of fused-ring (bicyclic) bond motifs is 2. The van der Waals surface area contributed by atoms with Crippen LogP contribution in [-0.4, -0.2) is 42.6 Å². The van der Waals surface area contributed by atoms with Gasteiger partial charge in [0.05, 0.1) is 28.7 Å². The SMILES string of the molecule is CC[C@@H](C)C(=O)N[C@H]1CSc2c(NC(=O)C3CCCNC3)cccc2N(Cc2cccc3ccccc23)C1=O. The van der Waals surface area contributed by atoms with Gasteiger partial charge in [0.15, 0.2) is 0 Å². The molecule has 3 aromatic rings. The molecule has 0 aliphatic carbocycles. The lowest BCUT2D eigenvalue weighted by Crippen LogP contribution is -2.50. The molecule has 0 saturated carbocycles. The molecule has 3 amide bonds. The third-order valence-electron chi connectivity index (χ3n) is 7.75. The minimum atomic E-state index is -0.676. The largest absolute Gasteiger partial charge is 0.343 e. The Labute approximate surface area is 234 Å². The van der Waals surface area contributed by atoms with Gasteiger partial charge in [-0.2, -0.15) is 0 Å². The van der Waals surface area contributed by atoms with E-state index in [1.165, 1.54) is 11.8 Å². The molecule has 2 aliphatic rings. The maximum atomic E-state index is 14.1. The Morgan fingerprint density at radius 3 is 2.69 bits per heavy atom. The number of carbonyl (C=O) groups is 3. The quantitative estimate of drug-likeness (QED) is 0.392. The van der Waals surface area contributed by atoms with Gasteiger partial charge in [0.1, 0.15) is 6.04 Å². The number of benzene rings is 3. The van der Waals surface area contributed by atoms with Crippen LogP contribution in [0.5, 0.6) is 0 Å². The minimum absolute atomic E-state index is 0.00556. The Hall–Kier alpha value is -3.36. The van der Waals surface area contributed by atoms with E-state index in [2.05, 4.69) is 34.1 Å². The van der Waals surface area contributed by atoms with E-state index in [4.69, 9.17) is 0 Å². The van der Waals surface area contributed by atoms with E-state index < -0.39 is 6.04 Å². The molecule has 3 N–H and O–H groups in total. The van der Waals surface area contributed by atoms with Gasteiger partial charge in [0.2, 0.25) is 11.8 Å². The highest BCUT2D eigenvalue weighted by Gasteiger charge is 2.34. The standard InChI is InChI=1S/C31H36N4O3S/c1-3-20(2)29(36)34-26-19-39-28-25(33-30(37)22-12-8-16-32-17-22)14-7-15-27(28)35(31(26)38)18-23-11-6-10-21-9-4-5-13-24(21)23/h4-7,9-11,13-15,20,22,26,32H,3,8,12,16-19H2,1-2H3,(H,33,37)(H,34,36)/t20-,22?,26+/m1/s1. The first-order valence-electron chi connectivity index (χ1n) is 13.8. The van der Waals surface area contributed by atoms with Crippen molar-refractivity contribution in [3.05, 3.63) is 66.2 Å². The van der Waals surface area contributed by atoms with Crippen LogP contribution in [0.1, 0.15) is 38.7 Å². The van der Waals surface area contributed by atoms with Gasteiger partial charge in [-0.3, -0.25) is 14.4 Å². The molecule has 3 atom stereocenters. The number of nitrogens with one attached hydrogen (secondary N) is 3. The summed E-state index contributed by atoms with van der Waals surface area (Å²) < 4.78 is 0. The van der Waals surface area contributed by atoms with Crippen LogP contribution in [0.3, 0.4) is 0 Å². The summed E-state index contributed by atoms with van der Waals surface area (Å²) in [6.07, 6.45) is 2.53. The Kier molecular flexibility index (Phi) is 8.53. The smallest absolute Gasteiger partial charge is 0.250 e. The topological polar surface area (TPSA) is 90.5 Å². The van der Waals surface area contributed by atoms with Crippen LogP contribution in [0.4, 0.5) is 11.4 Å². The van der Waals surface area contributed by atoms with Gasteiger partial charge in [0.25, 0.3) is 5.91 Å². The summed E-state index contributed by atoms with van der Waals surface area (Å²) >= 11 is 1.51. The van der Waals surface area contributed by atoms with Crippen molar-refractivity contribution in [1.82, 2.24) is 10.6 Å². The summed E-state index contributed by atoms with van der Waals surface area (Å²) in [6.45, 7) is 5.81. The first-order chi connectivity index (χ1) is 19.0. The fourth-order valence-corrected chi connectivity index (χ4v) is 6.37. The zero-order valence-electron chi connectivity index (χ0n) is 22.5. The molecular weight excluding hydrogens is 508 g/mol. The summed E-state index contributed by atoms with van der Waals surface area (Å²) in [5.74, 6) is -0.149. The fourth-order valence-electron chi connectivity index (χ4n) is 5.21. The van der Waals surface area contributed by atoms with Gasteiger partial charge >= 0.3 is 0 Å². The van der Waals surface area contributed by atoms with E-state index in [9.17, 15) is 14.4 Å². The number of piperidine rings is 1. The van der Waals surface area contributed by atoms with Gasteiger partial charge in [-0.25, -0.2) is 0 Å². The lowest BCUT2D eigenvalue weighted by Gasteiger charge is -2.28. The van der Waals surface area contributed by atoms with Gasteiger partial charge < -0.3 is 20.9 Å².